The van der Waals surface area contributed by atoms with Crippen molar-refractivity contribution in [3.8, 4) is 5.75 Å². The van der Waals surface area contributed by atoms with E-state index in [1.165, 1.54) is 0 Å². The van der Waals surface area contributed by atoms with Crippen LogP contribution in [0.4, 0.5) is 0 Å². The minimum atomic E-state index is -0.116. The van der Waals surface area contributed by atoms with Crippen LogP contribution >= 0.6 is 24.0 Å². The molecule has 24 heavy (non-hydrogen) atoms. The summed E-state index contributed by atoms with van der Waals surface area (Å²) in [5.41, 5.74) is 1.06. The molecule has 0 heterocycles. The van der Waals surface area contributed by atoms with E-state index >= 15 is 0 Å². The summed E-state index contributed by atoms with van der Waals surface area (Å²) in [6.07, 6.45) is 1.03. The van der Waals surface area contributed by atoms with E-state index in [2.05, 4.69) is 34.8 Å². The van der Waals surface area contributed by atoms with Crippen molar-refractivity contribution in [3.63, 3.8) is 0 Å². The maximum atomic E-state index is 11.4. The molecule has 1 aromatic rings. The lowest BCUT2D eigenvalue weighted by atomic mass is 10.2. The fourth-order valence-corrected chi connectivity index (χ4v) is 1.86. The largest absolute Gasteiger partial charge is 0.484 e. The molecule has 1 atom stereocenters. The number of rotatable bonds is 8. The smallest absolute Gasteiger partial charge is 0.257 e. The van der Waals surface area contributed by atoms with Crippen molar-refractivity contribution in [2.24, 2.45) is 4.99 Å². The Morgan fingerprint density at radius 2 is 2.04 bits per heavy atom. The summed E-state index contributed by atoms with van der Waals surface area (Å²) in [6, 6.07) is 8.04. The van der Waals surface area contributed by atoms with Gasteiger partial charge in [0.2, 0.25) is 0 Å². The van der Waals surface area contributed by atoms with Crippen molar-refractivity contribution in [1.29, 1.82) is 0 Å². The molecule has 6 nitrogen and oxygen atoms in total. The van der Waals surface area contributed by atoms with Gasteiger partial charge in [-0.3, -0.25) is 9.79 Å². The van der Waals surface area contributed by atoms with Gasteiger partial charge in [0, 0.05) is 26.2 Å². The second-order valence-electron chi connectivity index (χ2n) is 5.27. The summed E-state index contributed by atoms with van der Waals surface area (Å²) < 4.78 is 5.49. The van der Waals surface area contributed by atoms with Crippen LogP contribution in [0.3, 0.4) is 0 Å². The highest BCUT2D eigenvalue weighted by Crippen LogP contribution is 2.13. The Bertz CT molecular complexity index is 523. The van der Waals surface area contributed by atoms with Crippen LogP contribution in [0, 0.1) is 0 Å². The van der Waals surface area contributed by atoms with E-state index in [-0.39, 0.29) is 36.5 Å². The molecule has 0 aromatic heterocycles. The number of aliphatic imine (C=N–C) groups is 1. The lowest BCUT2D eigenvalue weighted by Crippen LogP contribution is -2.41. The van der Waals surface area contributed by atoms with Gasteiger partial charge < -0.3 is 20.7 Å². The molecule has 0 aliphatic carbocycles. The summed E-state index contributed by atoms with van der Waals surface area (Å²) >= 11 is 0. The maximum Gasteiger partial charge on any atom is 0.257 e. The molecule has 3 N–H and O–H groups in total. The Hall–Kier alpha value is -1.51. The van der Waals surface area contributed by atoms with Crippen molar-refractivity contribution < 1.29 is 9.53 Å². The zero-order valence-electron chi connectivity index (χ0n) is 14.9. The van der Waals surface area contributed by atoms with Crippen LogP contribution in [-0.4, -0.2) is 38.1 Å². The van der Waals surface area contributed by atoms with Crippen LogP contribution in [0.5, 0.6) is 5.75 Å². The van der Waals surface area contributed by atoms with Crippen LogP contribution in [-0.2, 0) is 11.3 Å². The van der Waals surface area contributed by atoms with Crippen molar-refractivity contribution in [2.75, 3.05) is 20.2 Å². The molecule has 1 aromatic carbocycles. The summed E-state index contributed by atoms with van der Waals surface area (Å²) in [6.45, 7) is 7.39. The van der Waals surface area contributed by atoms with Crippen molar-refractivity contribution in [2.45, 2.75) is 39.8 Å². The Balaban J connectivity index is 0.00000529. The molecule has 0 saturated carbocycles. The van der Waals surface area contributed by atoms with Gasteiger partial charge in [-0.25, -0.2) is 0 Å². The van der Waals surface area contributed by atoms with E-state index in [4.69, 9.17) is 4.74 Å². The molecular formula is C17H29IN4O2. The van der Waals surface area contributed by atoms with E-state index in [0.717, 1.165) is 17.9 Å². The van der Waals surface area contributed by atoms with Crippen LogP contribution in [0.25, 0.3) is 0 Å². The first-order chi connectivity index (χ1) is 11.1. The van der Waals surface area contributed by atoms with E-state index in [9.17, 15) is 4.79 Å². The van der Waals surface area contributed by atoms with Crippen molar-refractivity contribution >= 4 is 35.8 Å². The highest BCUT2D eigenvalue weighted by molar-refractivity contribution is 14.0. The predicted molar refractivity (Wildman–Crippen MR) is 109 cm³/mol. The van der Waals surface area contributed by atoms with Crippen LogP contribution in [0.15, 0.2) is 29.3 Å². The number of carbonyl (C=O) groups excluding carboxylic acids is 1. The number of ether oxygens (including phenoxy) is 1. The normalized spacial score (nSPS) is 11.9. The van der Waals surface area contributed by atoms with E-state index in [1.54, 1.807) is 7.05 Å². The summed E-state index contributed by atoms with van der Waals surface area (Å²) in [5.74, 6) is 1.34. The number of hydrogen-bond acceptors (Lipinski definition) is 3. The summed E-state index contributed by atoms with van der Waals surface area (Å²) in [7, 11) is 1.75. The first-order valence-corrected chi connectivity index (χ1v) is 8.04. The zero-order chi connectivity index (χ0) is 17.1. The van der Waals surface area contributed by atoms with Gasteiger partial charge in [0.25, 0.3) is 5.91 Å². The highest BCUT2D eigenvalue weighted by atomic mass is 127. The van der Waals surface area contributed by atoms with E-state index in [0.29, 0.717) is 24.9 Å². The highest BCUT2D eigenvalue weighted by Gasteiger charge is 2.04. The SMILES string of the molecule is CCNC(=O)COc1cccc(CNC(=NC)NC(C)CC)c1.I. The van der Waals surface area contributed by atoms with Gasteiger partial charge in [-0.2, -0.15) is 0 Å². The monoisotopic (exact) mass is 448 g/mol. The molecule has 0 aliphatic rings. The number of nitrogens with zero attached hydrogens (tertiary/aromatic N) is 1. The van der Waals surface area contributed by atoms with Gasteiger partial charge in [-0.1, -0.05) is 19.1 Å². The Morgan fingerprint density at radius 1 is 1.29 bits per heavy atom. The summed E-state index contributed by atoms with van der Waals surface area (Å²) in [5, 5.41) is 9.28. The third-order valence-corrected chi connectivity index (χ3v) is 3.32. The second kappa shape index (κ2) is 12.9. The molecule has 0 fully saturated rings. The summed E-state index contributed by atoms with van der Waals surface area (Å²) in [4.78, 5) is 15.6. The molecule has 1 rings (SSSR count). The van der Waals surface area contributed by atoms with Gasteiger partial charge in [-0.15, -0.1) is 24.0 Å². The number of hydrogen-bond donors (Lipinski definition) is 3. The van der Waals surface area contributed by atoms with Gasteiger partial charge in [-0.05, 0) is 38.0 Å². The average molecular weight is 448 g/mol. The van der Waals surface area contributed by atoms with Crippen LogP contribution < -0.4 is 20.7 Å². The molecule has 0 saturated heterocycles. The lowest BCUT2D eigenvalue weighted by Gasteiger charge is -2.16. The lowest BCUT2D eigenvalue weighted by molar-refractivity contribution is -0.122. The number of guanidine groups is 1. The van der Waals surface area contributed by atoms with Crippen LogP contribution in [0.1, 0.15) is 32.8 Å². The number of halogens is 1. The minimum absolute atomic E-state index is 0. The number of nitrogens with one attached hydrogen (secondary N) is 3. The number of likely N-dealkylation sites (N-methyl/N-ethyl adjacent to an activating group) is 1. The van der Waals surface area contributed by atoms with Crippen LogP contribution in [0.2, 0.25) is 0 Å². The second-order valence-corrected chi connectivity index (χ2v) is 5.27. The molecule has 1 amide bonds. The Morgan fingerprint density at radius 3 is 2.67 bits per heavy atom. The van der Waals surface area contributed by atoms with Gasteiger partial charge in [0.15, 0.2) is 12.6 Å². The predicted octanol–water partition coefficient (Wildman–Crippen LogP) is 2.28. The van der Waals surface area contributed by atoms with Gasteiger partial charge >= 0.3 is 0 Å². The molecule has 0 spiro atoms. The van der Waals surface area contributed by atoms with E-state index < -0.39 is 0 Å². The van der Waals surface area contributed by atoms with Gasteiger partial charge in [0.05, 0.1) is 0 Å². The fourth-order valence-electron chi connectivity index (χ4n) is 1.86. The zero-order valence-corrected chi connectivity index (χ0v) is 17.2. The maximum absolute atomic E-state index is 11.4. The molecule has 0 aliphatic heterocycles. The van der Waals surface area contributed by atoms with E-state index in [1.807, 2.05) is 31.2 Å². The Kier molecular flexibility index (Phi) is 12.0. The molecule has 7 heteroatoms. The molecular weight excluding hydrogens is 419 g/mol. The first kappa shape index (κ1) is 22.5. The topological polar surface area (TPSA) is 74.8 Å². The first-order valence-electron chi connectivity index (χ1n) is 8.04. The molecule has 136 valence electrons. The Labute approximate surface area is 161 Å². The quantitative estimate of drug-likeness (QED) is 0.324. The third-order valence-electron chi connectivity index (χ3n) is 3.32. The van der Waals surface area contributed by atoms with Crippen molar-refractivity contribution in [1.82, 2.24) is 16.0 Å². The fraction of sp³-hybridized carbons (Fsp3) is 0.529. The number of benzene rings is 1. The third kappa shape index (κ3) is 8.95. The molecule has 0 radical (unpaired) electrons. The standard InChI is InChI=1S/C17H28N4O2.HI/c1-5-13(3)21-17(18-4)20-11-14-8-7-9-15(10-14)23-12-16(22)19-6-2;/h7-10,13H,5-6,11-12H2,1-4H3,(H,19,22)(H2,18,20,21);1H. The number of carbonyl (C=O) groups is 1. The minimum Gasteiger partial charge on any atom is -0.484 e. The average Bonchev–Trinajstić information content (AvgIpc) is 2.57. The number of amides is 1. The molecule has 1 unspecified atom stereocenters. The van der Waals surface area contributed by atoms with Crippen molar-refractivity contribution in [3.05, 3.63) is 29.8 Å². The van der Waals surface area contributed by atoms with Gasteiger partial charge in [0.1, 0.15) is 5.75 Å². The molecule has 0 bridgehead atoms.